The first-order valence-electron chi connectivity index (χ1n) is 5.85. The SMILES string of the molecule is CC(CCN(C)C)NS(=O)(=O)c1c(F)cccc1F. The van der Waals surface area contributed by atoms with Crippen LogP contribution in [0.4, 0.5) is 8.78 Å². The molecule has 1 N–H and O–H groups in total. The van der Waals surface area contributed by atoms with Crippen LogP contribution in [0.15, 0.2) is 23.1 Å². The molecule has 7 heteroatoms. The molecule has 1 rings (SSSR count). The van der Waals surface area contributed by atoms with Crippen molar-refractivity contribution < 1.29 is 17.2 Å². The minimum Gasteiger partial charge on any atom is -0.309 e. The number of sulfonamides is 1. The van der Waals surface area contributed by atoms with Crippen LogP contribution in [-0.4, -0.2) is 40.0 Å². The highest BCUT2D eigenvalue weighted by Gasteiger charge is 2.25. The molecule has 0 spiro atoms. The van der Waals surface area contributed by atoms with Gasteiger partial charge in [0.2, 0.25) is 10.0 Å². The fourth-order valence-corrected chi connectivity index (χ4v) is 2.99. The molecule has 1 atom stereocenters. The number of nitrogens with zero attached hydrogens (tertiary/aromatic N) is 1. The van der Waals surface area contributed by atoms with Crippen molar-refractivity contribution in [3.8, 4) is 0 Å². The van der Waals surface area contributed by atoms with Gasteiger partial charge in [0.05, 0.1) is 0 Å². The third kappa shape index (κ3) is 4.52. The zero-order valence-corrected chi connectivity index (χ0v) is 12.0. The second-order valence-corrected chi connectivity index (χ2v) is 6.32. The smallest absolute Gasteiger partial charge is 0.246 e. The Bertz CT molecular complexity index is 512. The second-order valence-electron chi connectivity index (χ2n) is 4.67. The van der Waals surface area contributed by atoms with Crippen molar-refractivity contribution in [2.75, 3.05) is 20.6 Å². The molecule has 0 fully saturated rings. The van der Waals surface area contributed by atoms with Gasteiger partial charge < -0.3 is 4.90 Å². The summed E-state index contributed by atoms with van der Waals surface area (Å²) in [5.74, 6) is -2.18. The van der Waals surface area contributed by atoms with Gasteiger partial charge in [-0.05, 0) is 46.1 Å². The van der Waals surface area contributed by atoms with Crippen LogP contribution in [0.25, 0.3) is 0 Å². The van der Waals surface area contributed by atoms with Gasteiger partial charge in [-0.1, -0.05) is 6.07 Å². The highest BCUT2D eigenvalue weighted by molar-refractivity contribution is 7.89. The second kappa shape index (κ2) is 6.40. The molecular weight excluding hydrogens is 274 g/mol. The van der Waals surface area contributed by atoms with Gasteiger partial charge in [-0.3, -0.25) is 0 Å². The van der Waals surface area contributed by atoms with Gasteiger partial charge in [-0.2, -0.15) is 0 Å². The van der Waals surface area contributed by atoms with E-state index in [-0.39, 0.29) is 0 Å². The lowest BCUT2D eigenvalue weighted by Gasteiger charge is -2.17. The van der Waals surface area contributed by atoms with E-state index in [4.69, 9.17) is 0 Å². The summed E-state index contributed by atoms with van der Waals surface area (Å²) in [4.78, 5) is 0.973. The van der Waals surface area contributed by atoms with Crippen molar-refractivity contribution in [3.63, 3.8) is 0 Å². The molecule has 0 aromatic heterocycles. The predicted molar refractivity (Wildman–Crippen MR) is 69.3 cm³/mol. The Hall–Kier alpha value is -1.05. The van der Waals surface area contributed by atoms with Crippen molar-refractivity contribution in [2.24, 2.45) is 0 Å². The standard InChI is InChI=1S/C12H18F2N2O2S/c1-9(7-8-16(2)3)15-19(17,18)12-10(13)5-4-6-11(12)14/h4-6,9,15H,7-8H2,1-3H3. The summed E-state index contributed by atoms with van der Waals surface area (Å²) >= 11 is 0. The highest BCUT2D eigenvalue weighted by Crippen LogP contribution is 2.18. The zero-order valence-electron chi connectivity index (χ0n) is 11.2. The maximum Gasteiger partial charge on any atom is 0.246 e. The number of rotatable bonds is 6. The minimum atomic E-state index is -4.19. The molecule has 0 radical (unpaired) electrons. The molecular formula is C12H18F2N2O2S. The van der Waals surface area contributed by atoms with E-state index in [1.54, 1.807) is 6.92 Å². The molecule has 1 aromatic rings. The van der Waals surface area contributed by atoms with E-state index in [9.17, 15) is 17.2 Å². The largest absolute Gasteiger partial charge is 0.309 e. The first-order chi connectivity index (χ1) is 8.74. The van der Waals surface area contributed by atoms with Crippen molar-refractivity contribution in [1.82, 2.24) is 9.62 Å². The van der Waals surface area contributed by atoms with E-state index in [0.29, 0.717) is 13.0 Å². The maximum absolute atomic E-state index is 13.4. The van der Waals surface area contributed by atoms with Crippen LogP contribution in [-0.2, 0) is 10.0 Å². The van der Waals surface area contributed by atoms with Crippen molar-refractivity contribution in [3.05, 3.63) is 29.8 Å². The highest BCUT2D eigenvalue weighted by atomic mass is 32.2. The van der Waals surface area contributed by atoms with Gasteiger partial charge >= 0.3 is 0 Å². The fraction of sp³-hybridized carbons (Fsp3) is 0.500. The topological polar surface area (TPSA) is 49.4 Å². The van der Waals surface area contributed by atoms with Gasteiger partial charge in [0, 0.05) is 6.04 Å². The number of halogens is 2. The molecule has 0 amide bonds. The monoisotopic (exact) mass is 292 g/mol. The molecule has 0 aliphatic rings. The molecule has 19 heavy (non-hydrogen) atoms. The van der Waals surface area contributed by atoms with Gasteiger partial charge in [0.25, 0.3) is 0 Å². The molecule has 0 saturated carbocycles. The first-order valence-corrected chi connectivity index (χ1v) is 7.33. The number of hydrogen-bond acceptors (Lipinski definition) is 3. The third-order valence-electron chi connectivity index (χ3n) is 2.55. The molecule has 0 heterocycles. The zero-order chi connectivity index (χ0) is 14.6. The van der Waals surface area contributed by atoms with E-state index in [2.05, 4.69) is 4.72 Å². The van der Waals surface area contributed by atoms with E-state index < -0.39 is 32.6 Å². The van der Waals surface area contributed by atoms with E-state index in [1.165, 1.54) is 0 Å². The number of benzene rings is 1. The molecule has 0 aliphatic carbocycles. The summed E-state index contributed by atoms with van der Waals surface area (Å²) in [6, 6.07) is 2.55. The number of nitrogens with one attached hydrogen (secondary N) is 1. The van der Waals surface area contributed by atoms with E-state index >= 15 is 0 Å². The minimum absolute atomic E-state index is 0.411. The van der Waals surface area contributed by atoms with Gasteiger partial charge in [0.15, 0.2) is 4.90 Å². The lowest BCUT2D eigenvalue weighted by atomic mass is 10.2. The molecule has 1 aromatic carbocycles. The van der Waals surface area contributed by atoms with E-state index in [0.717, 1.165) is 18.2 Å². The molecule has 0 bridgehead atoms. The summed E-state index contributed by atoms with van der Waals surface area (Å²) in [5.41, 5.74) is 0. The first kappa shape index (κ1) is 16.0. The summed E-state index contributed by atoms with van der Waals surface area (Å²) in [6.07, 6.45) is 0.544. The lowest BCUT2D eigenvalue weighted by molar-refractivity contribution is 0.378. The van der Waals surface area contributed by atoms with Crippen molar-refractivity contribution in [2.45, 2.75) is 24.3 Å². The Balaban J connectivity index is 2.87. The molecule has 4 nitrogen and oxygen atoms in total. The van der Waals surface area contributed by atoms with Gasteiger partial charge in [-0.15, -0.1) is 0 Å². The van der Waals surface area contributed by atoms with E-state index in [1.807, 2.05) is 19.0 Å². The van der Waals surface area contributed by atoms with Crippen LogP contribution in [0.2, 0.25) is 0 Å². The Kier molecular flexibility index (Phi) is 5.39. The van der Waals surface area contributed by atoms with Gasteiger partial charge in [0.1, 0.15) is 11.6 Å². The van der Waals surface area contributed by atoms with Crippen LogP contribution >= 0.6 is 0 Å². The maximum atomic E-state index is 13.4. The molecule has 108 valence electrons. The number of hydrogen-bond donors (Lipinski definition) is 1. The summed E-state index contributed by atoms with van der Waals surface area (Å²) in [5, 5.41) is 0. The Morgan fingerprint density at radius 3 is 2.26 bits per heavy atom. The van der Waals surface area contributed by atoms with Crippen LogP contribution in [0.5, 0.6) is 0 Å². The fourth-order valence-electron chi connectivity index (χ4n) is 1.57. The van der Waals surface area contributed by atoms with Crippen LogP contribution < -0.4 is 4.72 Å². The average Bonchev–Trinajstić information content (AvgIpc) is 2.25. The summed E-state index contributed by atoms with van der Waals surface area (Å²) in [7, 11) is -0.470. The predicted octanol–water partition coefficient (Wildman–Crippen LogP) is 1.58. The Morgan fingerprint density at radius 1 is 1.26 bits per heavy atom. The van der Waals surface area contributed by atoms with Crippen molar-refractivity contribution >= 4 is 10.0 Å². The van der Waals surface area contributed by atoms with Gasteiger partial charge in [-0.25, -0.2) is 21.9 Å². The molecule has 1 unspecified atom stereocenters. The normalized spacial score (nSPS) is 13.8. The molecule has 0 saturated heterocycles. The van der Waals surface area contributed by atoms with Crippen LogP contribution in [0, 0.1) is 11.6 Å². The quantitative estimate of drug-likeness (QED) is 0.866. The third-order valence-corrected chi connectivity index (χ3v) is 4.19. The Labute approximate surface area is 112 Å². The van der Waals surface area contributed by atoms with Crippen LogP contribution in [0.3, 0.4) is 0 Å². The summed E-state index contributed by atoms with van der Waals surface area (Å²) < 4.78 is 53.0. The van der Waals surface area contributed by atoms with Crippen LogP contribution in [0.1, 0.15) is 13.3 Å². The lowest BCUT2D eigenvalue weighted by Crippen LogP contribution is -2.35. The molecule has 0 aliphatic heterocycles. The average molecular weight is 292 g/mol. The van der Waals surface area contributed by atoms with Crippen molar-refractivity contribution in [1.29, 1.82) is 0 Å². The summed E-state index contributed by atoms with van der Waals surface area (Å²) in [6.45, 7) is 2.32. The Morgan fingerprint density at radius 2 is 1.79 bits per heavy atom.